The van der Waals surface area contributed by atoms with Crippen molar-refractivity contribution in [1.82, 2.24) is 4.98 Å². The second kappa shape index (κ2) is 8.12. The molecule has 2 N–H and O–H groups in total. The minimum atomic E-state index is -0.241. The third kappa shape index (κ3) is 4.68. The number of anilines is 2. The molecule has 0 aliphatic heterocycles. The van der Waals surface area contributed by atoms with E-state index in [1.54, 1.807) is 42.6 Å². The molecule has 5 nitrogen and oxygen atoms in total. The second-order valence-corrected chi connectivity index (χ2v) is 7.30. The van der Waals surface area contributed by atoms with Crippen molar-refractivity contribution in [1.29, 1.82) is 0 Å². The Morgan fingerprint density at radius 3 is 2.46 bits per heavy atom. The monoisotopic (exact) mass is 385 g/mol. The maximum Gasteiger partial charge on any atom is 0.255 e. The average molecular weight is 386 g/mol. The average Bonchev–Trinajstić information content (AvgIpc) is 3.06. The summed E-state index contributed by atoms with van der Waals surface area (Å²) < 4.78 is 0.503. The van der Waals surface area contributed by atoms with Gasteiger partial charge >= 0.3 is 0 Å². The first-order valence-electron chi connectivity index (χ1n) is 7.88. The van der Waals surface area contributed by atoms with Crippen LogP contribution in [0.15, 0.2) is 54.7 Å². The predicted molar refractivity (Wildman–Crippen MR) is 105 cm³/mol. The van der Waals surface area contributed by atoms with E-state index in [-0.39, 0.29) is 11.7 Å². The van der Waals surface area contributed by atoms with Crippen molar-refractivity contribution in [2.45, 2.75) is 13.5 Å². The van der Waals surface area contributed by atoms with Gasteiger partial charge in [0.05, 0.1) is 6.54 Å². The number of hydrogen-bond acceptors (Lipinski definition) is 5. The lowest BCUT2D eigenvalue weighted by atomic mass is 10.1. The van der Waals surface area contributed by atoms with Gasteiger partial charge in [-0.05, 0) is 37.3 Å². The highest BCUT2D eigenvalue weighted by molar-refractivity contribution is 7.15. The molecule has 0 spiro atoms. The van der Waals surface area contributed by atoms with Crippen molar-refractivity contribution in [3.8, 4) is 0 Å². The fourth-order valence-corrected chi connectivity index (χ4v) is 3.26. The lowest BCUT2D eigenvalue weighted by molar-refractivity contribution is 0.101. The molecule has 26 heavy (non-hydrogen) atoms. The number of ketones is 1. The number of hydrogen-bond donors (Lipinski definition) is 2. The number of nitrogens with one attached hydrogen (secondary N) is 2. The van der Waals surface area contributed by atoms with Crippen molar-refractivity contribution in [3.63, 3.8) is 0 Å². The molecule has 3 aromatic rings. The van der Waals surface area contributed by atoms with Gasteiger partial charge in [0.2, 0.25) is 0 Å². The summed E-state index contributed by atoms with van der Waals surface area (Å²) in [6.07, 6.45) is 1.72. The number of carbonyl (C=O) groups is 2. The predicted octanol–water partition coefficient (Wildman–Crippen LogP) is 4.86. The number of amides is 1. The lowest BCUT2D eigenvalue weighted by Crippen LogP contribution is -2.12. The molecule has 1 heterocycles. The van der Waals surface area contributed by atoms with Gasteiger partial charge < -0.3 is 10.6 Å². The number of benzene rings is 2. The van der Waals surface area contributed by atoms with Crippen LogP contribution in [0, 0.1) is 0 Å². The molecule has 0 saturated carbocycles. The zero-order valence-corrected chi connectivity index (χ0v) is 15.5. The summed E-state index contributed by atoms with van der Waals surface area (Å²) >= 11 is 7.23. The summed E-state index contributed by atoms with van der Waals surface area (Å²) in [6.45, 7) is 2.07. The van der Waals surface area contributed by atoms with E-state index in [9.17, 15) is 9.59 Å². The van der Waals surface area contributed by atoms with Gasteiger partial charge in [0, 0.05) is 33.6 Å². The molecule has 0 saturated heterocycles. The molecule has 0 bridgehead atoms. The molecule has 1 aromatic heterocycles. The van der Waals surface area contributed by atoms with Crippen LogP contribution < -0.4 is 10.6 Å². The molecule has 0 unspecified atom stereocenters. The first kappa shape index (κ1) is 18.1. The Morgan fingerprint density at radius 1 is 1.08 bits per heavy atom. The quantitative estimate of drug-likeness (QED) is 0.594. The number of halogens is 1. The van der Waals surface area contributed by atoms with Crippen molar-refractivity contribution < 1.29 is 9.59 Å². The summed E-state index contributed by atoms with van der Waals surface area (Å²) in [5.74, 6) is -0.286. The first-order chi connectivity index (χ1) is 12.5. The largest absolute Gasteiger partial charge is 0.380 e. The zero-order valence-electron chi connectivity index (χ0n) is 14.0. The molecule has 0 aliphatic carbocycles. The Hall–Kier alpha value is -2.70. The minimum absolute atomic E-state index is 0.0459. The van der Waals surface area contributed by atoms with E-state index >= 15 is 0 Å². The van der Waals surface area contributed by atoms with Crippen LogP contribution in [0.3, 0.4) is 0 Å². The zero-order chi connectivity index (χ0) is 18.5. The van der Waals surface area contributed by atoms with E-state index in [1.165, 1.54) is 18.3 Å². The van der Waals surface area contributed by atoms with E-state index in [0.717, 1.165) is 10.6 Å². The van der Waals surface area contributed by atoms with E-state index in [1.807, 2.05) is 12.1 Å². The molecule has 1 amide bonds. The van der Waals surface area contributed by atoms with Gasteiger partial charge in [-0.25, -0.2) is 4.98 Å². The molecule has 0 fully saturated rings. The topological polar surface area (TPSA) is 71.1 Å². The smallest absolute Gasteiger partial charge is 0.255 e. The molecular weight excluding hydrogens is 370 g/mol. The maximum atomic E-state index is 12.5. The molecule has 2 aromatic carbocycles. The highest BCUT2D eigenvalue weighted by Crippen LogP contribution is 2.20. The van der Waals surface area contributed by atoms with Gasteiger partial charge in [-0.3, -0.25) is 9.59 Å². The fraction of sp³-hybridized carbons (Fsp3) is 0.105. The molecule has 7 heteroatoms. The van der Waals surface area contributed by atoms with Gasteiger partial charge in [-0.1, -0.05) is 29.8 Å². The minimum Gasteiger partial charge on any atom is -0.380 e. The highest BCUT2D eigenvalue weighted by atomic mass is 35.5. The summed E-state index contributed by atoms with van der Waals surface area (Å²) in [7, 11) is 0. The van der Waals surface area contributed by atoms with Gasteiger partial charge in [0.25, 0.3) is 5.91 Å². The van der Waals surface area contributed by atoms with Crippen LogP contribution in [-0.2, 0) is 6.54 Å². The van der Waals surface area contributed by atoms with Crippen LogP contribution >= 0.6 is 22.9 Å². The molecule has 0 radical (unpaired) electrons. The Kier molecular flexibility index (Phi) is 5.65. The molecule has 0 aliphatic rings. The third-order valence-corrected chi connectivity index (χ3v) is 4.76. The third-order valence-electron chi connectivity index (χ3n) is 3.64. The first-order valence-corrected chi connectivity index (χ1v) is 9.07. The van der Waals surface area contributed by atoms with E-state index in [2.05, 4.69) is 15.6 Å². The van der Waals surface area contributed by atoms with E-state index in [0.29, 0.717) is 27.8 Å². The van der Waals surface area contributed by atoms with Gasteiger partial charge in [-0.15, -0.1) is 11.3 Å². The number of carbonyl (C=O) groups excluding carboxylic acids is 2. The maximum absolute atomic E-state index is 12.5. The second-order valence-electron chi connectivity index (χ2n) is 5.61. The number of aromatic nitrogens is 1. The number of nitrogens with zero attached hydrogens (tertiary/aromatic N) is 1. The van der Waals surface area contributed by atoms with Crippen LogP contribution in [0.5, 0.6) is 0 Å². The van der Waals surface area contributed by atoms with Crippen molar-refractivity contribution in [2.24, 2.45) is 0 Å². The highest BCUT2D eigenvalue weighted by Gasteiger charge is 2.08. The van der Waals surface area contributed by atoms with Gasteiger partial charge in [0.15, 0.2) is 10.3 Å². The summed E-state index contributed by atoms with van der Waals surface area (Å²) in [5, 5.41) is 6.06. The molecular formula is C19H16ClN3O2S. The molecule has 3 rings (SSSR count). The van der Waals surface area contributed by atoms with Crippen LogP contribution in [-0.4, -0.2) is 16.7 Å². The Labute approximate surface area is 160 Å². The summed E-state index contributed by atoms with van der Waals surface area (Å²) in [6, 6.07) is 14.1. The van der Waals surface area contributed by atoms with Crippen LogP contribution in [0.2, 0.25) is 4.47 Å². The van der Waals surface area contributed by atoms with Crippen LogP contribution in [0.4, 0.5) is 11.4 Å². The number of thiazole rings is 1. The summed E-state index contributed by atoms with van der Waals surface area (Å²) in [4.78, 5) is 28.9. The van der Waals surface area contributed by atoms with Crippen molar-refractivity contribution in [2.75, 3.05) is 10.6 Å². The fourth-order valence-electron chi connectivity index (χ4n) is 2.34. The van der Waals surface area contributed by atoms with Crippen LogP contribution in [0.25, 0.3) is 0 Å². The van der Waals surface area contributed by atoms with E-state index < -0.39 is 0 Å². The molecule has 132 valence electrons. The van der Waals surface area contributed by atoms with Crippen molar-refractivity contribution >= 4 is 46.0 Å². The number of Topliss-reactive ketones (excluding diaryl/α,β-unsaturated/α-hetero) is 1. The van der Waals surface area contributed by atoms with Gasteiger partial charge in [0.1, 0.15) is 0 Å². The van der Waals surface area contributed by atoms with E-state index in [4.69, 9.17) is 11.6 Å². The SMILES string of the molecule is CC(=O)c1cccc(NC(=O)c2cccc(NCc3cnc(Cl)s3)c2)c1. The number of rotatable bonds is 6. The molecule has 0 atom stereocenters. The van der Waals surface area contributed by atoms with Gasteiger partial charge in [-0.2, -0.15) is 0 Å². The summed E-state index contributed by atoms with van der Waals surface area (Å²) in [5.41, 5.74) is 2.48. The lowest BCUT2D eigenvalue weighted by Gasteiger charge is -2.09. The van der Waals surface area contributed by atoms with Crippen LogP contribution in [0.1, 0.15) is 32.5 Å². The Bertz CT molecular complexity index is 955. The van der Waals surface area contributed by atoms with Crippen molar-refractivity contribution in [3.05, 3.63) is 75.2 Å². The Morgan fingerprint density at radius 2 is 1.77 bits per heavy atom. The normalized spacial score (nSPS) is 10.4. The Balaban J connectivity index is 1.68. The standard InChI is InChI=1S/C19H16ClN3O2S/c1-12(24)13-4-2-7-16(8-13)23-18(25)14-5-3-6-15(9-14)21-10-17-11-22-19(20)26-17/h2-9,11,21H,10H2,1H3,(H,23,25).